The SMILES string of the molecule is Cc1ccc(C#N)cc1C(=O)Nc1ccc(C#N)cc1. The van der Waals surface area contributed by atoms with Crippen molar-refractivity contribution >= 4 is 11.6 Å². The van der Waals surface area contributed by atoms with Crippen molar-refractivity contribution in [3.05, 3.63) is 64.7 Å². The summed E-state index contributed by atoms with van der Waals surface area (Å²) in [5.74, 6) is -0.274. The van der Waals surface area contributed by atoms with E-state index in [0.717, 1.165) is 5.56 Å². The summed E-state index contributed by atoms with van der Waals surface area (Å²) < 4.78 is 0. The number of rotatable bonds is 2. The van der Waals surface area contributed by atoms with Crippen molar-refractivity contribution in [2.24, 2.45) is 0 Å². The van der Waals surface area contributed by atoms with Crippen LogP contribution in [-0.2, 0) is 0 Å². The molecule has 4 heteroatoms. The Morgan fingerprint density at radius 1 is 1.00 bits per heavy atom. The van der Waals surface area contributed by atoms with Crippen LogP contribution in [0.25, 0.3) is 0 Å². The molecule has 2 rings (SSSR count). The molecule has 0 aliphatic heterocycles. The van der Waals surface area contributed by atoms with E-state index in [2.05, 4.69) is 5.32 Å². The van der Waals surface area contributed by atoms with Gasteiger partial charge >= 0.3 is 0 Å². The van der Waals surface area contributed by atoms with Crippen molar-refractivity contribution in [1.29, 1.82) is 10.5 Å². The third-order valence-electron chi connectivity index (χ3n) is 2.88. The molecule has 0 bridgehead atoms. The number of aryl methyl sites for hydroxylation is 1. The standard InChI is InChI=1S/C16H11N3O/c1-11-2-3-13(10-18)8-15(11)16(20)19-14-6-4-12(9-17)5-7-14/h2-8H,1H3,(H,19,20). The van der Waals surface area contributed by atoms with Crippen LogP contribution < -0.4 is 5.32 Å². The maximum atomic E-state index is 12.2. The van der Waals surface area contributed by atoms with Gasteiger partial charge in [0.2, 0.25) is 0 Å². The number of nitrogens with one attached hydrogen (secondary N) is 1. The predicted octanol–water partition coefficient (Wildman–Crippen LogP) is 2.99. The summed E-state index contributed by atoms with van der Waals surface area (Å²) in [5, 5.41) is 20.3. The van der Waals surface area contributed by atoms with E-state index >= 15 is 0 Å². The number of benzene rings is 2. The van der Waals surface area contributed by atoms with Gasteiger partial charge in [-0.05, 0) is 48.9 Å². The molecule has 0 radical (unpaired) electrons. The minimum Gasteiger partial charge on any atom is -0.322 e. The van der Waals surface area contributed by atoms with Crippen molar-refractivity contribution in [2.45, 2.75) is 6.92 Å². The van der Waals surface area contributed by atoms with E-state index in [9.17, 15) is 4.79 Å². The van der Waals surface area contributed by atoms with Crippen LogP contribution in [0, 0.1) is 29.6 Å². The van der Waals surface area contributed by atoms with Crippen molar-refractivity contribution in [2.75, 3.05) is 5.32 Å². The highest BCUT2D eigenvalue weighted by atomic mass is 16.1. The van der Waals surface area contributed by atoms with Gasteiger partial charge in [-0.15, -0.1) is 0 Å². The molecule has 0 aromatic heterocycles. The monoisotopic (exact) mass is 261 g/mol. The van der Waals surface area contributed by atoms with E-state index in [4.69, 9.17) is 10.5 Å². The molecule has 1 N–H and O–H groups in total. The Labute approximate surface area is 116 Å². The molecule has 0 atom stereocenters. The summed E-state index contributed by atoms with van der Waals surface area (Å²) in [6.45, 7) is 1.81. The van der Waals surface area contributed by atoms with Crippen molar-refractivity contribution in [3.8, 4) is 12.1 Å². The maximum absolute atomic E-state index is 12.2. The Bertz CT molecular complexity index is 734. The topological polar surface area (TPSA) is 76.7 Å². The van der Waals surface area contributed by atoms with Crippen molar-refractivity contribution in [1.82, 2.24) is 0 Å². The number of nitriles is 2. The number of carbonyl (C=O) groups excluding carboxylic acids is 1. The molecule has 1 amide bonds. The van der Waals surface area contributed by atoms with Crippen LogP contribution in [0.4, 0.5) is 5.69 Å². The molecule has 2 aromatic carbocycles. The fourth-order valence-corrected chi connectivity index (χ4v) is 1.76. The van der Waals surface area contributed by atoms with E-state index in [1.165, 1.54) is 0 Å². The lowest BCUT2D eigenvalue weighted by Gasteiger charge is -2.08. The molecule has 0 saturated carbocycles. The molecule has 96 valence electrons. The Balaban J connectivity index is 2.24. The second-order valence-corrected chi connectivity index (χ2v) is 4.28. The fourth-order valence-electron chi connectivity index (χ4n) is 1.76. The molecule has 4 nitrogen and oxygen atoms in total. The van der Waals surface area contributed by atoms with Gasteiger partial charge in [0.1, 0.15) is 0 Å². The zero-order chi connectivity index (χ0) is 14.5. The molecule has 0 spiro atoms. The first-order valence-corrected chi connectivity index (χ1v) is 5.96. The smallest absolute Gasteiger partial charge is 0.255 e. The zero-order valence-electron chi connectivity index (χ0n) is 10.8. The van der Waals surface area contributed by atoms with Gasteiger partial charge < -0.3 is 5.32 Å². The molecular weight excluding hydrogens is 250 g/mol. The minimum absolute atomic E-state index is 0.274. The third kappa shape index (κ3) is 2.82. The summed E-state index contributed by atoms with van der Waals surface area (Å²) in [5.41, 5.74) is 2.85. The Hall–Kier alpha value is -3.11. The van der Waals surface area contributed by atoms with Gasteiger partial charge in [-0.25, -0.2) is 0 Å². The Morgan fingerprint density at radius 3 is 2.20 bits per heavy atom. The lowest BCUT2D eigenvalue weighted by molar-refractivity contribution is 0.102. The van der Waals surface area contributed by atoms with Gasteiger partial charge in [-0.3, -0.25) is 4.79 Å². The number of hydrogen-bond donors (Lipinski definition) is 1. The van der Waals surface area contributed by atoms with Crippen LogP contribution in [0.2, 0.25) is 0 Å². The van der Waals surface area contributed by atoms with E-state index in [-0.39, 0.29) is 5.91 Å². The number of carbonyl (C=O) groups is 1. The van der Waals surface area contributed by atoms with Crippen molar-refractivity contribution < 1.29 is 4.79 Å². The van der Waals surface area contributed by atoms with E-state index in [1.807, 2.05) is 19.1 Å². The van der Waals surface area contributed by atoms with Gasteiger partial charge in [0.25, 0.3) is 5.91 Å². The number of amides is 1. The Kier molecular flexibility index (Phi) is 3.79. The van der Waals surface area contributed by atoms with Crippen LogP contribution in [0.5, 0.6) is 0 Å². The molecule has 0 heterocycles. The lowest BCUT2D eigenvalue weighted by atomic mass is 10.0. The molecule has 0 aliphatic rings. The maximum Gasteiger partial charge on any atom is 0.255 e. The fraction of sp³-hybridized carbons (Fsp3) is 0.0625. The number of nitrogens with zero attached hydrogens (tertiary/aromatic N) is 2. The molecule has 2 aromatic rings. The van der Waals surface area contributed by atoms with E-state index in [0.29, 0.717) is 22.4 Å². The zero-order valence-corrected chi connectivity index (χ0v) is 10.8. The predicted molar refractivity (Wildman–Crippen MR) is 75.0 cm³/mol. The van der Waals surface area contributed by atoms with Crippen LogP contribution >= 0.6 is 0 Å². The highest BCUT2D eigenvalue weighted by Gasteiger charge is 2.10. The molecule has 0 unspecified atom stereocenters. The number of hydrogen-bond acceptors (Lipinski definition) is 3. The van der Waals surface area contributed by atoms with E-state index < -0.39 is 0 Å². The molecule has 0 fully saturated rings. The molecule has 0 saturated heterocycles. The average Bonchev–Trinajstić information content (AvgIpc) is 2.48. The van der Waals surface area contributed by atoms with Gasteiger partial charge in [0.15, 0.2) is 0 Å². The van der Waals surface area contributed by atoms with Crippen molar-refractivity contribution in [3.63, 3.8) is 0 Å². The summed E-state index contributed by atoms with van der Waals surface area (Å²) in [6, 6.07) is 15.6. The largest absolute Gasteiger partial charge is 0.322 e. The van der Waals surface area contributed by atoms with Gasteiger partial charge in [0, 0.05) is 11.3 Å². The van der Waals surface area contributed by atoms with Gasteiger partial charge in [0.05, 0.1) is 23.3 Å². The third-order valence-corrected chi connectivity index (χ3v) is 2.88. The number of anilines is 1. The molecule has 20 heavy (non-hydrogen) atoms. The molecular formula is C16H11N3O. The average molecular weight is 261 g/mol. The lowest BCUT2D eigenvalue weighted by Crippen LogP contribution is -2.13. The second-order valence-electron chi connectivity index (χ2n) is 4.28. The molecule has 0 aliphatic carbocycles. The van der Waals surface area contributed by atoms with Gasteiger partial charge in [-0.1, -0.05) is 6.07 Å². The summed E-state index contributed by atoms with van der Waals surface area (Å²) >= 11 is 0. The second kappa shape index (κ2) is 5.69. The Morgan fingerprint density at radius 2 is 1.60 bits per heavy atom. The van der Waals surface area contributed by atoms with Crippen LogP contribution in [-0.4, -0.2) is 5.91 Å². The van der Waals surface area contributed by atoms with Gasteiger partial charge in [-0.2, -0.15) is 10.5 Å². The normalized spacial score (nSPS) is 9.35. The van der Waals surface area contributed by atoms with E-state index in [1.54, 1.807) is 42.5 Å². The van der Waals surface area contributed by atoms with Crippen LogP contribution in [0.3, 0.4) is 0 Å². The van der Waals surface area contributed by atoms with Crippen LogP contribution in [0.1, 0.15) is 27.0 Å². The highest BCUT2D eigenvalue weighted by molar-refractivity contribution is 6.05. The quantitative estimate of drug-likeness (QED) is 0.902. The summed E-state index contributed by atoms with van der Waals surface area (Å²) in [4.78, 5) is 12.2. The summed E-state index contributed by atoms with van der Waals surface area (Å²) in [6.07, 6.45) is 0. The summed E-state index contributed by atoms with van der Waals surface area (Å²) in [7, 11) is 0. The highest BCUT2D eigenvalue weighted by Crippen LogP contribution is 2.15. The van der Waals surface area contributed by atoms with Crippen LogP contribution in [0.15, 0.2) is 42.5 Å². The first-order chi connectivity index (χ1) is 9.63. The minimum atomic E-state index is -0.274. The first-order valence-electron chi connectivity index (χ1n) is 5.96. The first kappa shape index (κ1) is 13.3.